The number of halogens is 1. The van der Waals surface area contributed by atoms with Gasteiger partial charge in [-0.1, -0.05) is 0 Å². The van der Waals surface area contributed by atoms with Gasteiger partial charge in [0.1, 0.15) is 5.82 Å². The fourth-order valence-electron chi connectivity index (χ4n) is 2.00. The first-order chi connectivity index (χ1) is 8.75. The highest BCUT2D eigenvalue weighted by Gasteiger charge is 2.09. The number of benzene rings is 1. The first-order valence-corrected chi connectivity index (χ1v) is 6.35. The largest absolute Gasteiger partial charge is 0.396 e. The average molecular weight is 253 g/mol. The quantitative estimate of drug-likeness (QED) is 0.617. The average Bonchev–Trinajstić information content (AvgIpc) is 2.40. The maximum Gasteiger partial charge on any atom is 0.148 e. The number of anilines is 2. The lowest BCUT2D eigenvalue weighted by Crippen LogP contribution is -2.37. The molecule has 1 aliphatic rings. The van der Waals surface area contributed by atoms with Gasteiger partial charge < -0.3 is 15.8 Å². The van der Waals surface area contributed by atoms with Gasteiger partial charge in [-0.15, -0.1) is 0 Å². The van der Waals surface area contributed by atoms with E-state index in [0.29, 0.717) is 0 Å². The van der Waals surface area contributed by atoms with Gasteiger partial charge in [-0.05, 0) is 31.2 Å². The van der Waals surface area contributed by atoms with Gasteiger partial charge in [0.2, 0.25) is 0 Å². The van der Waals surface area contributed by atoms with E-state index in [1.165, 1.54) is 6.07 Å². The monoisotopic (exact) mass is 253 g/mol. The van der Waals surface area contributed by atoms with Crippen LogP contribution in [0.15, 0.2) is 18.2 Å². The Bertz CT molecular complexity index is 380. The molecule has 0 bridgehead atoms. The normalized spacial score (nSPS) is 16.7. The molecule has 100 valence electrons. The molecule has 18 heavy (non-hydrogen) atoms. The van der Waals surface area contributed by atoms with Crippen molar-refractivity contribution in [3.63, 3.8) is 0 Å². The minimum absolute atomic E-state index is 0.189. The second-order valence-corrected chi connectivity index (χ2v) is 4.47. The number of rotatable bonds is 5. The van der Waals surface area contributed by atoms with Gasteiger partial charge in [0.05, 0.1) is 18.9 Å². The molecule has 0 aliphatic carbocycles. The smallest absolute Gasteiger partial charge is 0.148 e. The Labute approximate surface area is 107 Å². The highest BCUT2D eigenvalue weighted by atomic mass is 19.1. The van der Waals surface area contributed by atoms with Gasteiger partial charge >= 0.3 is 0 Å². The van der Waals surface area contributed by atoms with Crippen LogP contribution in [-0.4, -0.2) is 44.3 Å². The van der Waals surface area contributed by atoms with Crippen molar-refractivity contribution in [2.45, 2.75) is 6.42 Å². The molecule has 0 unspecified atom stereocenters. The first-order valence-electron chi connectivity index (χ1n) is 6.35. The summed E-state index contributed by atoms with van der Waals surface area (Å²) in [6.45, 7) is 5.56. The number of hydrogen-bond donors (Lipinski definition) is 2. The fraction of sp³-hybridized carbons (Fsp3) is 0.538. The van der Waals surface area contributed by atoms with E-state index in [-0.39, 0.29) is 11.5 Å². The summed E-state index contributed by atoms with van der Waals surface area (Å²) in [5.74, 6) is -0.367. The molecule has 0 aromatic heterocycles. The first kappa shape index (κ1) is 13.1. The molecule has 0 spiro atoms. The molecule has 1 aliphatic heterocycles. The molecule has 5 heteroatoms. The topological polar surface area (TPSA) is 50.5 Å². The number of morpholine rings is 1. The van der Waals surface area contributed by atoms with Crippen molar-refractivity contribution in [1.82, 2.24) is 4.90 Å². The summed E-state index contributed by atoms with van der Waals surface area (Å²) in [5, 5.41) is 3.20. The maximum atomic E-state index is 13.2. The van der Waals surface area contributed by atoms with Crippen molar-refractivity contribution in [2.75, 3.05) is 50.4 Å². The predicted molar refractivity (Wildman–Crippen MR) is 71.2 cm³/mol. The zero-order valence-electron chi connectivity index (χ0n) is 10.5. The maximum absolute atomic E-state index is 13.2. The van der Waals surface area contributed by atoms with Crippen molar-refractivity contribution >= 4 is 11.4 Å². The van der Waals surface area contributed by atoms with Crippen molar-refractivity contribution in [3.8, 4) is 0 Å². The standard InChI is InChI=1S/C13H20FN3O/c14-12-10-11(2-3-13(12)15)16-4-1-5-17-6-8-18-9-7-17/h2-3,10,16H,1,4-9,15H2. The molecular formula is C13H20FN3O. The van der Waals surface area contributed by atoms with Crippen molar-refractivity contribution < 1.29 is 9.13 Å². The summed E-state index contributed by atoms with van der Waals surface area (Å²) in [6.07, 6.45) is 1.03. The highest BCUT2D eigenvalue weighted by molar-refractivity contribution is 5.52. The molecule has 1 aromatic rings. The predicted octanol–water partition coefficient (Wildman–Crippen LogP) is 1.54. The van der Waals surface area contributed by atoms with Gasteiger partial charge in [-0.25, -0.2) is 4.39 Å². The van der Waals surface area contributed by atoms with Gasteiger partial charge in [0.15, 0.2) is 0 Å². The zero-order chi connectivity index (χ0) is 12.8. The van der Waals surface area contributed by atoms with Crippen LogP contribution in [0.4, 0.5) is 15.8 Å². The molecule has 0 saturated carbocycles. The van der Waals surface area contributed by atoms with Crippen LogP contribution < -0.4 is 11.1 Å². The molecule has 0 amide bonds. The Morgan fingerprint density at radius 1 is 1.33 bits per heavy atom. The Morgan fingerprint density at radius 3 is 2.83 bits per heavy atom. The van der Waals surface area contributed by atoms with Crippen molar-refractivity contribution in [1.29, 1.82) is 0 Å². The molecule has 1 fully saturated rings. The van der Waals surface area contributed by atoms with E-state index in [9.17, 15) is 4.39 Å². The SMILES string of the molecule is Nc1ccc(NCCCN2CCOCC2)cc1F. The lowest BCUT2D eigenvalue weighted by molar-refractivity contribution is 0.0378. The molecule has 3 N–H and O–H groups in total. The second-order valence-electron chi connectivity index (χ2n) is 4.47. The van der Waals surface area contributed by atoms with Gasteiger partial charge in [0, 0.05) is 25.3 Å². The lowest BCUT2D eigenvalue weighted by atomic mass is 10.2. The Morgan fingerprint density at radius 2 is 2.11 bits per heavy atom. The van der Waals surface area contributed by atoms with E-state index in [2.05, 4.69) is 10.2 Å². The minimum atomic E-state index is -0.367. The Kier molecular flexibility index (Phi) is 4.78. The van der Waals surface area contributed by atoms with E-state index in [4.69, 9.17) is 10.5 Å². The van der Waals surface area contributed by atoms with Crippen LogP contribution in [0.25, 0.3) is 0 Å². The molecular weight excluding hydrogens is 233 g/mol. The molecule has 0 radical (unpaired) electrons. The molecule has 1 heterocycles. The molecule has 1 saturated heterocycles. The van der Waals surface area contributed by atoms with Crippen LogP contribution in [0.1, 0.15) is 6.42 Å². The van der Waals surface area contributed by atoms with Crippen molar-refractivity contribution in [3.05, 3.63) is 24.0 Å². The van der Waals surface area contributed by atoms with E-state index in [0.717, 1.165) is 51.5 Å². The number of ether oxygens (including phenoxy) is 1. The summed E-state index contributed by atoms with van der Waals surface area (Å²) in [7, 11) is 0. The molecule has 4 nitrogen and oxygen atoms in total. The third-order valence-electron chi connectivity index (χ3n) is 3.08. The van der Waals surface area contributed by atoms with Gasteiger partial charge in [-0.2, -0.15) is 0 Å². The number of nitrogen functional groups attached to an aromatic ring is 1. The number of nitrogens with two attached hydrogens (primary N) is 1. The molecule has 0 atom stereocenters. The Hall–Kier alpha value is -1.33. The van der Waals surface area contributed by atoms with E-state index < -0.39 is 0 Å². The Balaban J connectivity index is 1.66. The highest BCUT2D eigenvalue weighted by Crippen LogP contribution is 2.15. The summed E-state index contributed by atoms with van der Waals surface area (Å²) >= 11 is 0. The van der Waals surface area contributed by atoms with Crippen LogP contribution >= 0.6 is 0 Å². The van der Waals surface area contributed by atoms with Gasteiger partial charge in [-0.3, -0.25) is 4.90 Å². The lowest BCUT2D eigenvalue weighted by Gasteiger charge is -2.26. The number of hydrogen-bond acceptors (Lipinski definition) is 4. The fourth-order valence-corrected chi connectivity index (χ4v) is 2.00. The third kappa shape index (κ3) is 3.85. The van der Waals surface area contributed by atoms with Crippen molar-refractivity contribution in [2.24, 2.45) is 0 Å². The van der Waals surface area contributed by atoms with E-state index in [1.807, 2.05) is 0 Å². The van der Waals surface area contributed by atoms with Crippen LogP contribution in [0.2, 0.25) is 0 Å². The number of nitrogens with one attached hydrogen (secondary N) is 1. The minimum Gasteiger partial charge on any atom is -0.396 e. The van der Waals surface area contributed by atoms with Crippen LogP contribution in [0.5, 0.6) is 0 Å². The number of nitrogens with zero attached hydrogens (tertiary/aromatic N) is 1. The zero-order valence-corrected chi connectivity index (χ0v) is 10.5. The van der Waals surface area contributed by atoms with Crippen LogP contribution in [-0.2, 0) is 4.74 Å². The van der Waals surface area contributed by atoms with E-state index in [1.54, 1.807) is 12.1 Å². The molecule has 1 aromatic carbocycles. The second kappa shape index (κ2) is 6.56. The summed E-state index contributed by atoms with van der Waals surface area (Å²) in [6, 6.07) is 4.82. The summed E-state index contributed by atoms with van der Waals surface area (Å²) < 4.78 is 18.5. The van der Waals surface area contributed by atoms with Gasteiger partial charge in [0.25, 0.3) is 0 Å². The summed E-state index contributed by atoms with van der Waals surface area (Å²) in [4.78, 5) is 2.38. The van der Waals surface area contributed by atoms with Crippen LogP contribution in [0.3, 0.4) is 0 Å². The van der Waals surface area contributed by atoms with E-state index >= 15 is 0 Å². The van der Waals surface area contributed by atoms with Crippen LogP contribution in [0, 0.1) is 5.82 Å². The molecule has 2 rings (SSSR count). The third-order valence-corrected chi connectivity index (χ3v) is 3.08. The summed E-state index contributed by atoms with van der Waals surface area (Å²) in [5.41, 5.74) is 6.39.